The van der Waals surface area contributed by atoms with Crippen molar-refractivity contribution in [2.24, 2.45) is 0 Å². The van der Waals surface area contributed by atoms with Crippen LogP contribution in [0.3, 0.4) is 0 Å². The molecule has 0 amide bonds. The molecule has 0 aromatic heterocycles. The molecule has 0 spiro atoms. The molecule has 2 atom stereocenters. The Bertz CT molecular complexity index is 354. The van der Waals surface area contributed by atoms with E-state index in [0.29, 0.717) is 17.7 Å². The van der Waals surface area contributed by atoms with Crippen LogP contribution >= 0.6 is 11.8 Å². The molecule has 0 bridgehead atoms. The van der Waals surface area contributed by atoms with Gasteiger partial charge in [-0.2, -0.15) is 0 Å². The second-order valence-corrected chi connectivity index (χ2v) is 5.26. The lowest BCUT2D eigenvalue weighted by molar-refractivity contribution is 0.108. The first-order valence-corrected chi connectivity index (χ1v) is 7.10. The highest BCUT2D eigenvalue weighted by Crippen LogP contribution is 2.16. The number of carbonyl (C=O) groups is 1. The number of unbranched alkanes of at least 4 members (excludes halogenated alkanes) is 1. The third kappa shape index (κ3) is 5.63. The summed E-state index contributed by atoms with van der Waals surface area (Å²) in [6.45, 7) is 1.23. The van der Waals surface area contributed by atoms with E-state index in [9.17, 15) is 13.6 Å². The minimum atomic E-state index is -1.40. The second-order valence-electron chi connectivity index (χ2n) is 4.19. The number of rotatable bonds is 7. The van der Waals surface area contributed by atoms with Gasteiger partial charge in [-0.25, -0.2) is 8.78 Å². The molecule has 1 rings (SSSR count). The molecular formula is C14H18F2OS. The van der Waals surface area contributed by atoms with Crippen molar-refractivity contribution in [3.63, 3.8) is 0 Å². The molecule has 0 fully saturated rings. The van der Waals surface area contributed by atoms with Crippen molar-refractivity contribution in [2.75, 3.05) is 5.75 Å². The van der Waals surface area contributed by atoms with E-state index in [-0.39, 0.29) is 11.5 Å². The number of hydrogen-bond donors (Lipinski definition) is 0. The number of alkyl halides is 2. The summed E-state index contributed by atoms with van der Waals surface area (Å²) in [6, 6.07) is 9.06. The maximum absolute atomic E-state index is 12.9. The molecule has 1 aromatic rings. The minimum Gasteiger partial charge on any atom is -0.282 e. The molecule has 0 aliphatic carbocycles. The topological polar surface area (TPSA) is 17.1 Å². The van der Waals surface area contributed by atoms with Gasteiger partial charge in [0, 0.05) is 11.3 Å². The Morgan fingerprint density at radius 1 is 1.22 bits per heavy atom. The summed E-state index contributed by atoms with van der Waals surface area (Å²) in [5, 5.41) is 0.0336. The molecule has 0 saturated carbocycles. The fourth-order valence-electron chi connectivity index (χ4n) is 1.49. The predicted molar refractivity (Wildman–Crippen MR) is 72.5 cm³/mol. The van der Waals surface area contributed by atoms with Gasteiger partial charge in [-0.3, -0.25) is 4.79 Å². The summed E-state index contributed by atoms with van der Waals surface area (Å²) in [7, 11) is 0. The van der Waals surface area contributed by atoms with Gasteiger partial charge in [-0.1, -0.05) is 42.1 Å². The van der Waals surface area contributed by atoms with Crippen molar-refractivity contribution in [3.8, 4) is 0 Å². The van der Waals surface area contributed by atoms with Gasteiger partial charge in [-0.15, -0.1) is 0 Å². The SMILES string of the molecule is CC(F)C(F)CCCCSC(=O)c1ccccc1. The molecule has 4 heteroatoms. The largest absolute Gasteiger partial charge is 0.282 e. The summed E-state index contributed by atoms with van der Waals surface area (Å²) >= 11 is 1.23. The lowest BCUT2D eigenvalue weighted by Gasteiger charge is -2.08. The van der Waals surface area contributed by atoms with Crippen LogP contribution in [0.1, 0.15) is 36.5 Å². The van der Waals surface area contributed by atoms with Crippen LogP contribution in [0.25, 0.3) is 0 Å². The van der Waals surface area contributed by atoms with Crippen LogP contribution in [0.2, 0.25) is 0 Å². The molecule has 1 nitrogen and oxygen atoms in total. The van der Waals surface area contributed by atoms with Crippen LogP contribution in [0, 0.1) is 0 Å². The highest BCUT2D eigenvalue weighted by Gasteiger charge is 2.14. The molecule has 0 aliphatic rings. The van der Waals surface area contributed by atoms with Crippen LogP contribution in [0.4, 0.5) is 8.78 Å². The van der Waals surface area contributed by atoms with Crippen LogP contribution < -0.4 is 0 Å². The van der Waals surface area contributed by atoms with Crippen LogP contribution in [-0.2, 0) is 0 Å². The number of hydrogen-bond acceptors (Lipinski definition) is 2. The molecule has 2 unspecified atom stereocenters. The van der Waals surface area contributed by atoms with E-state index < -0.39 is 12.3 Å². The molecule has 0 aliphatic heterocycles. The molecular weight excluding hydrogens is 254 g/mol. The monoisotopic (exact) mass is 272 g/mol. The molecule has 0 radical (unpaired) electrons. The van der Waals surface area contributed by atoms with E-state index in [1.807, 2.05) is 18.2 Å². The Morgan fingerprint density at radius 2 is 1.89 bits per heavy atom. The van der Waals surface area contributed by atoms with E-state index in [4.69, 9.17) is 0 Å². The van der Waals surface area contributed by atoms with Gasteiger partial charge in [0.15, 0.2) is 0 Å². The maximum atomic E-state index is 12.9. The Hall–Kier alpha value is -0.900. The second kappa shape index (κ2) is 8.25. The van der Waals surface area contributed by atoms with Crippen LogP contribution in [0.15, 0.2) is 30.3 Å². The van der Waals surface area contributed by atoms with Crippen molar-refractivity contribution >= 4 is 16.9 Å². The van der Waals surface area contributed by atoms with Gasteiger partial charge in [-0.05, 0) is 26.2 Å². The summed E-state index contributed by atoms with van der Waals surface area (Å²) in [5.41, 5.74) is 0.684. The van der Waals surface area contributed by atoms with Gasteiger partial charge < -0.3 is 0 Å². The Morgan fingerprint density at radius 3 is 2.50 bits per heavy atom. The average molecular weight is 272 g/mol. The van der Waals surface area contributed by atoms with Gasteiger partial charge in [0.1, 0.15) is 12.3 Å². The molecule has 18 heavy (non-hydrogen) atoms. The summed E-state index contributed by atoms with van der Waals surface area (Å²) in [5.74, 6) is 0.654. The van der Waals surface area contributed by atoms with E-state index in [0.717, 1.165) is 6.42 Å². The van der Waals surface area contributed by atoms with E-state index in [1.165, 1.54) is 18.7 Å². The number of thioether (sulfide) groups is 1. The van der Waals surface area contributed by atoms with Gasteiger partial charge in [0.25, 0.3) is 0 Å². The third-order valence-corrected chi connectivity index (χ3v) is 3.61. The smallest absolute Gasteiger partial charge is 0.219 e. The third-order valence-electron chi connectivity index (χ3n) is 2.62. The van der Waals surface area contributed by atoms with Crippen molar-refractivity contribution in [1.82, 2.24) is 0 Å². The first kappa shape index (κ1) is 15.2. The minimum absolute atomic E-state index is 0.0336. The maximum Gasteiger partial charge on any atom is 0.219 e. The Kier molecular flexibility index (Phi) is 6.94. The van der Waals surface area contributed by atoms with Crippen molar-refractivity contribution in [1.29, 1.82) is 0 Å². The average Bonchev–Trinajstić information content (AvgIpc) is 2.38. The van der Waals surface area contributed by atoms with Crippen molar-refractivity contribution in [3.05, 3.63) is 35.9 Å². The lowest BCUT2D eigenvalue weighted by Crippen LogP contribution is -2.12. The van der Waals surface area contributed by atoms with E-state index in [2.05, 4.69) is 0 Å². The number of benzene rings is 1. The quantitative estimate of drug-likeness (QED) is 0.683. The zero-order valence-corrected chi connectivity index (χ0v) is 11.3. The van der Waals surface area contributed by atoms with Crippen molar-refractivity contribution < 1.29 is 13.6 Å². The summed E-state index contributed by atoms with van der Waals surface area (Å²) < 4.78 is 25.4. The molecule has 0 heterocycles. The molecule has 100 valence electrons. The van der Waals surface area contributed by atoms with Crippen molar-refractivity contribution in [2.45, 2.75) is 38.5 Å². The first-order valence-electron chi connectivity index (χ1n) is 6.11. The highest BCUT2D eigenvalue weighted by atomic mass is 32.2. The standard InChI is InChI=1S/C14H18F2OS/c1-11(15)13(16)9-5-6-10-18-14(17)12-7-3-2-4-8-12/h2-4,7-8,11,13H,5-6,9-10H2,1H3. The fraction of sp³-hybridized carbons (Fsp3) is 0.500. The Labute approximate surface area is 111 Å². The van der Waals surface area contributed by atoms with Gasteiger partial charge >= 0.3 is 0 Å². The number of carbonyl (C=O) groups excluding carboxylic acids is 1. The van der Waals surface area contributed by atoms with Gasteiger partial charge in [0.2, 0.25) is 5.12 Å². The highest BCUT2D eigenvalue weighted by molar-refractivity contribution is 8.14. The normalized spacial score (nSPS) is 14.2. The number of halogens is 2. The zero-order chi connectivity index (χ0) is 13.4. The first-order chi connectivity index (χ1) is 8.61. The molecule has 1 aromatic carbocycles. The zero-order valence-electron chi connectivity index (χ0n) is 10.4. The molecule has 0 N–H and O–H groups in total. The van der Waals surface area contributed by atoms with Crippen LogP contribution in [0.5, 0.6) is 0 Å². The predicted octanol–water partition coefficient (Wildman–Crippen LogP) is 4.43. The van der Waals surface area contributed by atoms with Gasteiger partial charge in [0.05, 0.1) is 0 Å². The van der Waals surface area contributed by atoms with E-state index in [1.54, 1.807) is 12.1 Å². The van der Waals surface area contributed by atoms with E-state index >= 15 is 0 Å². The molecule has 0 saturated heterocycles. The fourth-order valence-corrected chi connectivity index (χ4v) is 2.33. The summed E-state index contributed by atoms with van der Waals surface area (Å²) in [6.07, 6.45) is -1.19. The Balaban J connectivity index is 2.13. The lowest BCUT2D eigenvalue weighted by atomic mass is 10.1. The van der Waals surface area contributed by atoms with Crippen LogP contribution in [-0.4, -0.2) is 23.2 Å². The summed E-state index contributed by atoms with van der Waals surface area (Å²) in [4.78, 5) is 11.7.